The molecule has 0 spiro atoms. The van der Waals surface area contributed by atoms with E-state index in [0.29, 0.717) is 34.1 Å². The monoisotopic (exact) mass is 437 g/mol. The molecule has 1 aliphatic carbocycles. The summed E-state index contributed by atoms with van der Waals surface area (Å²) in [7, 11) is -3.38. The summed E-state index contributed by atoms with van der Waals surface area (Å²) in [5.74, 6) is -0.183. The molecule has 1 aliphatic rings. The molecular weight excluding hydrogens is 418 g/mol. The molecule has 1 N–H and O–H groups in total. The number of aromatic nitrogens is 4. The summed E-state index contributed by atoms with van der Waals surface area (Å²) in [5, 5.41) is 15.4. The summed E-state index contributed by atoms with van der Waals surface area (Å²) in [4.78, 5) is 13.0. The van der Waals surface area contributed by atoms with Gasteiger partial charge in [-0.3, -0.25) is 4.79 Å². The highest BCUT2D eigenvalue weighted by Crippen LogP contribution is 2.37. The summed E-state index contributed by atoms with van der Waals surface area (Å²) in [6.45, 7) is 0. The molecule has 2 aromatic carbocycles. The third-order valence-corrected chi connectivity index (χ3v) is 5.89. The van der Waals surface area contributed by atoms with Crippen LogP contribution >= 0.6 is 0 Å². The Bertz CT molecular complexity index is 1400. The maximum Gasteiger partial charge on any atom is 0.291 e. The van der Waals surface area contributed by atoms with E-state index in [1.165, 1.54) is 0 Å². The quantitative estimate of drug-likeness (QED) is 0.492. The fourth-order valence-electron chi connectivity index (χ4n) is 3.56. The number of anilines is 1. The van der Waals surface area contributed by atoms with Gasteiger partial charge < -0.3 is 9.73 Å². The lowest BCUT2D eigenvalue weighted by Crippen LogP contribution is -2.14. The third-order valence-electron chi connectivity index (χ3n) is 5.08. The molecule has 9 nitrogen and oxygen atoms in total. The van der Waals surface area contributed by atoms with Gasteiger partial charge in [0, 0.05) is 28.5 Å². The van der Waals surface area contributed by atoms with Crippen LogP contribution in [-0.2, 0) is 15.6 Å². The molecule has 0 saturated heterocycles. The predicted molar refractivity (Wildman–Crippen MR) is 114 cm³/mol. The van der Waals surface area contributed by atoms with E-state index in [-0.39, 0.29) is 11.5 Å². The maximum absolute atomic E-state index is 13.0. The van der Waals surface area contributed by atoms with Crippen molar-refractivity contribution < 1.29 is 17.6 Å². The number of carbonyl (C=O) groups is 1. The van der Waals surface area contributed by atoms with E-state index in [4.69, 9.17) is 4.42 Å². The highest BCUT2D eigenvalue weighted by atomic mass is 32.2. The smallest absolute Gasteiger partial charge is 0.291 e. The lowest BCUT2D eigenvalue weighted by atomic mass is 10.1. The van der Waals surface area contributed by atoms with Crippen LogP contribution in [0.1, 0.15) is 35.0 Å². The van der Waals surface area contributed by atoms with Gasteiger partial charge in [0.2, 0.25) is 0 Å². The number of nitrogens with zero attached hydrogens (tertiary/aromatic N) is 4. The summed E-state index contributed by atoms with van der Waals surface area (Å²) < 4.78 is 31.4. The first-order chi connectivity index (χ1) is 14.9. The van der Waals surface area contributed by atoms with Crippen LogP contribution in [0.4, 0.5) is 5.69 Å². The van der Waals surface area contributed by atoms with Crippen molar-refractivity contribution in [1.29, 1.82) is 0 Å². The number of fused-ring (bicyclic) bond motifs is 1. The molecule has 1 saturated carbocycles. The average molecular weight is 437 g/mol. The van der Waals surface area contributed by atoms with Crippen molar-refractivity contribution in [2.24, 2.45) is 0 Å². The Hall–Kier alpha value is -3.53. The number of nitrogens with one attached hydrogen (secondary N) is 1. The van der Waals surface area contributed by atoms with E-state index in [1.54, 1.807) is 47.1 Å². The van der Waals surface area contributed by atoms with Crippen LogP contribution in [0.5, 0.6) is 0 Å². The molecule has 1 fully saturated rings. The molecule has 1 amide bonds. The van der Waals surface area contributed by atoms with E-state index in [1.807, 2.05) is 6.07 Å². The molecule has 31 heavy (non-hydrogen) atoms. The van der Waals surface area contributed by atoms with Gasteiger partial charge in [-0.1, -0.05) is 30.3 Å². The summed E-state index contributed by atoms with van der Waals surface area (Å²) in [5.41, 5.74) is 2.11. The first-order valence-electron chi connectivity index (χ1n) is 9.77. The Labute approximate surface area is 178 Å². The molecular formula is C21H19N5O4S. The molecule has 0 aliphatic heterocycles. The SMILES string of the molecule is CS(=O)(=O)Cc1c(C(=O)Nc2cccc(-c3nnnn3C3CC3)c2)oc2ccccc12. The Kier molecular flexibility index (Phi) is 4.58. The van der Waals surface area contributed by atoms with Gasteiger partial charge in [0.15, 0.2) is 21.4 Å². The Balaban J connectivity index is 1.48. The standard InChI is InChI=1S/C21H19N5O4S/c1-31(28,29)12-17-16-7-2-3-8-18(16)30-19(17)21(27)22-14-6-4-5-13(11-14)20-23-24-25-26(20)15-9-10-15/h2-8,11,15H,9-10,12H2,1H3,(H,22,27). The topological polar surface area (TPSA) is 120 Å². The van der Waals surface area contributed by atoms with Crippen molar-refractivity contribution in [2.75, 3.05) is 11.6 Å². The Morgan fingerprint density at radius 3 is 2.77 bits per heavy atom. The zero-order valence-electron chi connectivity index (χ0n) is 16.6. The molecule has 158 valence electrons. The van der Waals surface area contributed by atoms with Gasteiger partial charge in [0.05, 0.1) is 11.8 Å². The fourth-order valence-corrected chi connectivity index (χ4v) is 4.37. The first kappa shape index (κ1) is 19.4. The third kappa shape index (κ3) is 3.93. The van der Waals surface area contributed by atoms with E-state index >= 15 is 0 Å². The van der Waals surface area contributed by atoms with E-state index in [2.05, 4.69) is 20.8 Å². The van der Waals surface area contributed by atoms with Crippen molar-refractivity contribution in [1.82, 2.24) is 20.2 Å². The molecule has 2 heterocycles. The molecule has 0 bridgehead atoms. The highest BCUT2D eigenvalue weighted by Gasteiger charge is 2.28. The predicted octanol–water partition coefficient (Wildman–Crippen LogP) is 3.22. The zero-order valence-corrected chi connectivity index (χ0v) is 17.5. The van der Waals surface area contributed by atoms with E-state index in [9.17, 15) is 13.2 Å². The van der Waals surface area contributed by atoms with Gasteiger partial charge in [0.25, 0.3) is 5.91 Å². The molecule has 0 radical (unpaired) electrons. The molecule has 0 unspecified atom stereocenters. The highest BCUT2D eigenvalue weighted by molar-refractivity contribution is 7.89. The molecule has 2 aromatic heterocycles. The molecule has 0 atom stereocenters. The van der Waals surface area contributed by atoms with Crippen LogP contribution in [0.15, 0.2) is 52.9 Å². The summed E-state index contributed by atoms with van der Waals surface area (Å²) in [6.07, 6.45) is 3.22. The van der Waals surface area contributed by atoms with Gasteiger partial charge in [-0.2, -0.15) is 0 Å². The van der Waals surface area contributed by atoms with Gasteiger partial charge in [-0.05, 0) is 41.5 Å². The van der Waals surface area contributed by atoms with E-state index < -0.39 is 15.7 Å². The van der Waals surface area contributed by atoms with Crippen molar-refractivity contribution in [3.05, 3.63) is 59.9 Å². The number of carbonyl (C=O) groups excluding carboxylic acids is 1. The second kappa shape index (κ2) is 7.31. The minimum Gasteiger partial charge on any atom is -0.451 e. The van der Waals surface area contributed by atoms with Crippen molar-refractivity contribution in [2.45, 2.75) is 24.6 Å². The summed E-state index contributed by atoms with van der Waals surface area (Å²) in [6, 6.07) is 14.5. The second-order valence-corrected chi connectivity index (χ2v) is 9.83. The van der Waals surface area contributed by atoms with Gasteiger partial charge in [-0.25, -0.2) is 13.1 Å². The molecule has 4 aromatic rings. The van der Waals surface area contributed by atoms with Crippen molar-refractivity contribution in [3.8, 4) is 11.4 Å². The minimum absolute atomic E-state index is 0.0140. The number of para-hydroxylation sites is 1. The number of hydrogen-bond donors (Lipinski definition) is 1. The van der Waals surface area contributed by atoms with Crippen LogP contribution in [0.3, 0.4) is 0 Å². The lowest BCUT2D eigenvalue weighted by Gasteiger charge is -2.08. The largest absolute Gasteiger partial charge is 0.451 e. The number of hydrogen-bond acceptors (Lipinski definition) is 7. The van der Waals surface area contributed by atoms with Crippen LogP contribution < -0.4 is 5.32 Å². The van der Waals surface area contributed by atoms with Crippen molar-refractivity contribution in [3.63, 3.8) is 0 Å². The zero-order chi connectivity index (χ0) is 21.6. The maximum atomic E-state index is 13.0. The summed E-state index contributed by atoms with van der Waals surface area (Å²) >= 11 is 0. The second-order valence-electron chi connectivity index (χ2n) is 7.69. The van der Waals surface area contributed by atoms with Crippen LogP contribution in [0.25, 0.3) is 22.4 Å². The Morgan fingerprint density at radius 1 is 1.19 bits per heavy atom. The molecule has 5 rings (SSSR count). The number of benzene rings is 2. The number of amides is 1. The normalized spacial score (nSPS) is 14.1. The van der Waals surface area contributed by atoms with Crippen LogP contribution in [0, 0.1) is 0 Å². The minimum atomic E-state index is -3.38. The lowest BCUT2D eigenvalue weighted by molar-refractivity contribution is 0.0998. The molecule has 10 heteroatoms. The number of tetrazole rings is 1. The van der Waals surface area contributed by atoms with Gasteiger partial charge in [-0.15, -0.1) is 5.10 Å². The first-order valence-corrected chi connectivity index (χ1v) is 11.8. The number of furan rings is 1. The Morgan fingerprint density at radius 2 is 2.00 bits per heavy atom. The van der Waals surface area contributed by atoms with Crippen LogP contribution in [0.2, 0.25) is 0 Å². The fraction of sp³-hybridized carbons (Fsp3) is 0.238. The van der Waals surface area contributed by atoms with Gasteiger partial charge >= 0.3 is 0 Å². The van der Waals surface area contributed by atoms with Crippen LogP contribution in [-0.4, -0.2) is 40.8 Å². The van der Waals surface area contributed by atoms with Crippen molar-refractivity contribution >= 4 is 32.4 Å². The van der Waals surface area contributed by atoms with Gasteiger partial charge in [0.1, 0.15) is 5.58 Å². The number of sulfone groups is 1. The number of rotatable bonds is 6. The average Bonchev–Trinajstić information content (AvgIpc) is 3.34. The van der Waals surface area contributed by atoms with E-state index in [0.717, 1.165) is 24.7 Å².